The molecule has 84 valence electrons. The van der Waals surface area contributed by atoms with Crippen molar-refractivity contribution in [1.82, 2.24) is 0 Å². The van der Waals surface area contributed by atoms with Crippen LogP contribution in [0.5, 0.6) is 0 Å². The van der Waals surface area contributed by atoms with Gasteiger partial charge >= 0.3 is 0 Å². The van der Waals surface area contributed by atoms with Gasteiger partial charge in [-0.3, -0.25) is 0 Å². The van der Waals surface area contributed by atoms with E-state index in [-0.39, 0.29) is 17.8 Å². The van der Waals surface area contributed by atoms with Gasteiger partial charge in [-0.05, 0) is 36.5 Å². The minimum Gasteiger partial charge on any atom is -0.393 e. The Morgan fingerprint density at radius 2 is 2.13 bits per heavy atom. The molecule has 2 unspecified atom stereocenters. The lowest BCUT2D eigenvalue weighted by Crippen LogP contribution is -2.18. The highest BCUT2D eigenvalue weighted by Gasteiger charge is 2.14. The topological polar surface area (TPSA) is 20.2 Å². The van der Waals surface area contributed by atoms with E-state index in [1.54, 1.807) is 6.07 Å². The van der Waals surface area contributed by atoms with Gasteiger partial charge in [-0.15, -0.1) is 0 Å². The maximum atomic E-state index is 12.8. The molecule has 0 aliphatic carbocycles. The predicted octanol–water partition coefficient (Wildman–Crippen LogP) is 3.54. The lowest BCUT2D eigenvalue weighted by Gasteiger charge is -2.17. The summed E-state index contributed by atoms with van der Waals surface area (Å²) in [5.41, 5.74) is 1.04. The molecule has 3 heteroatoms. The van der Waals surface area contributed by atoms with Crippen LogP contribution in [-0.4, -0.2) is 11.2 Å². The molecule has 0 amide bonds. The third-order valence-electron chi connectivity index (χ3n) is 2.63. The zero-order valence-corrected chi connectivity index (χ0v) is 10.6. The number of hydrogen-bond donors (Lipinski definition) is 1. The van der Waals surface area contributed by atoms with Crippen LogP contribution >= 0.6 is 15.9 Å². The van der Waals surface area contributed by atoms with E-state index in [9.17, 15) is 9.50 Å². The first-order chi connectivity index (χ1) is 7.04. The monoisotopic (exact) mass is 274 g/mol. The molecule has 0 radical (unpaired) electrons. The number of benzene rings is 1. The first kappa shape index (κ1) is 12.7. The van der Waals surface area contributed by atoms with Gasteiger partial charge in [-0.25, -0.2) is 4.39 Å². The Bertz CT molecular complexity index is 327. The molecule has 0 fully saturated rings. The first-order valence-electron chi connectivity index (χ1n) is 5.16. The van der Waals surface area contributed by atoms with Crippen LogP contribution in [0.3, 0.4) is 0 Å². The van der Waals surface area contributed by atoms with Crippen molar-refractivity contribution >= 4 is 15.9 Å². The van der Waals surface area contributed by atoms with Gasteiger partial charge in [0.25, 0.3) is 0 Å². The highest BCUT2D eigenvalue weighted by atomic mass is 79.9. The Morgan fingerprint density at radius 1 is 1.47 bits per heavy atom. The van der Waals surface area contributed by atoms with Crippen molar-refractivity contribution in [3.05, 3.63) is 34.1 Å². The van der Waals surface area contributed by atoms with Crippen LogP contribution in [-0.2, 0) is 6.42 Å². The van der Waals surface area contributed by atoms with E-state index >= 15 is 0 Å². The van der Waals surface area contributed by atoms with Gasteiger partial charge in [0.15, 0.2) is 0 Å². The van der Waals surface area contributed by atoms with E-state index < -0.39 is 0 Å². The zero-order valence-electron chi connectivity index (χ0n) is 9.00. The zero-order chi connectivity index (χ0) is 11.4. The quantitative estimate of drug-likeness (QED) is 0.891. The lowest BCUT2D eigenvalue weighted by atomic mass is 9.94. The molecule has 0 saturated carbocycles. The minimum absolute atomic E-state index is 0.191. The summed E-state index contributed by atoms with van der Waals surface area (Å²) in [6.45, 7) is 3.96. The Morgan fingerprint density at radius 3 is 2.67 bits per heavy atom. The Labute approximate surface area is 98.4 Å². The van der Waals surface area contributed by atoms with Gasteiger partial charge in [0, 0.05) is 4.47 Å². The van der Waals surface area contributed by atoms with E-state index in [2.05, 4.69) is 15.9 Å². The predicted molar refractivity (Wildman–Crippen MR) is 63.3 cm³/mol. The summed E-state index contributed by atoms with van der Waals surface area (Å²) in [6.07, 6.45) is 1.22. The molecule has 0 aromatic heterocycles. The van der Waals surface area contributed by atoms with Crippen LogP contribution in [0.15, 0.2) is 22.7 Å². The largest absolute Gasteiger partial charge is 0.393 e. The molecule has 1 nitrogen and oxygen atoms in total. The van der Waals surface area contributed by atoms with Gasteiger partial charge in [0.2, 0.25) is 0 Å². The van der Waals surface area contributed by atoms with Crippen LogP contribution in [0, 0.1) is 11.7 Å². The molecule has 0 saturated heterocycles. The first-order valence-corrected chi connectivity index (χ1v) is 5.96. The van der Waals surface area contributed by atoms with Crippen molar-refractivity contribution in [2.75, 3.05) is 0 Å². The van der Waals surface area contributed by atoms with Crippen molar-refractivity contribution in [2.45, 2.75) is 32.8 Å². The highest BCUT2D eigenvalue weighted by molar-refractivity contribution is 9.10. The van der Waals surface area contributed by atoms with E-state index in [1.807, 2.05) is 13.8 Å². The van der Waals surface area contributed by atoms with Crippen molar-refractivity contribution in [2.24, 2.45) is 5.92 Å². The number of aliphatic hydroxyl groups is 1. The second kappa shape index (κ2) is 5.61. The summed E-state index contributed by atoms with van der Waals surface area (Å²) in [5.74, 6) is -0.0499. The van der Waals surface area contributed by atoms with E-state index in [1.165, 1.54) is 12.1 Å². The molecule has 0 spiro atoms. The van der Waals surface area contributed by atoms with Crippen molar-refractivity contribution in [3.8, 4) is 0 Å². The summed E-state index contributed by atoms with van der Waals surface area (Å²) in [7, 11) is 0. The maximum Gasteiger partial charge on any atom is 0.124 e. The van der Waals surface area contributed by atoms with Gasteiger partial charge in [-0.2, -0.15) is 0 Å². The fourth-order valence-electron chi connectivity index (χ4n) is 1.57. The fraction of sp³-hybridized carbons (Fsp3) is 0.500. The third-order valence-corrected chi connectivity index (χ3v) is 3.37. The number of halogens is 2. The van der Waals surface area contributed by atoms with Crippen molar-refractivity contribution in [1.29, 1.82) is 0 Å². The molecular formula is C12H16BrFO. The molecule has 0 bridgehead atoms. The molecule has 0 heterocycles. The smallest absolute Gasteiger partial charge is 0.124 e. The Kier molecular flexibility index (Phi) is 4.74. The van der Waals surface area contributed by atoms with Crippen LogP contribution in [0.4, 0.5) is 4.39 Å². The summed E-state index contributed by atoms with van der Waals surface area (Å²) in [6, 6.07) is 4.67. The second-order valence-corrected chi connectivity index (χ2v) is 4.75. The average Bonchev–Trinajstić information content (AvgIpc) is 2.20. The van der Waals surface area contributed by atoms with Gasteiger partial charge < -0.3 is 5.11 Å². The fourth-order valence-corrected chi connectivity index (χ4v) is 2.09. The third kappa shape index (κ3) is 3.58. The molecule has 1 aromatic rings. The SMILES string of the molecule is CCC(O)C(C)Cc1ccc(F)cc1Br. The van der Waals surface area contributed by atoms with Crippen LogP contribution < -0.4 is 0 Å². The van der Waals surface area contributed by atoms with Gasteiger partial charge in [-0.1, -0.05) is 35.8 Å². The minimum atomic E-state index is -0.290. The number of aliphatic hydroxyl groups excluding tert-OH is 1. The standard InChI is InChI=1S/C12H16BrFO/c1-3-12(15)8(2)6-9-4-5-10(14)7-11(9)13/h4-5,7-8,12,15H,3,6H2,1-2H3. The molecule has 0 aliphatic rings. The normalized spacial score (nSPS) is 15.0. The Balaban J connectivity index is 2.72. The summed E-state index contributed by atoms with van der Waals surface area (Å²) < 4.78 is 13.6. The number of rotatable bonds is 4. The van der Waals surface area contributed by atoms with Gasteiger partial charge in [0.05, 0.1) is 6.10 Å². The Hall–Kier alpha value is -0.410. The molecular weight excluding hydrogens is 259 g/mol. The highest BCUT2D eigenvalue weighted by Crippen LogP contribution is 2.22. The van der Waals surface area contributed by atoms with Crippen molar-refractivity contribution in [3.63, 3.8) is 0 Å². The molecule has 2 atom stereocenters. The van der Waals surface area contributed by atoms with E-state index in [0.717, 1.165) is 22.9 Å². The van der Waals surface area contributed by atoms with Crippen molar-refractivity contribution < 1.29 is 9.50 Å². The molecule has 15 heavy (non-hydrogen) atoms. The van der Waals surface area contributed by atoms with Crippen LogP contribution in [0.25, 0.3) is 0 Å². The average molecular weight is 275 g/mol. The molecule has 0 aliphatic heterocycles. The molecule has 1 aromatic carbocycles. The summed E-state index contributed by atoms with van der Waals surface area (Å²) in [4.78, 5) is 0. The molecule has 1 rings (SSSR count). The maximum absolute atomic E-state index is 12.8. The molecule has 1 N–H and O–H groups in total. The summed E-state index contributed by atoms with van der Waals surface area (Å²) in [5, 5.41) is 9.64. The van der Waals surface area contributed by atoms with Gasteiger partial charge in [0.1, 0.15) is 5.82 Å². The second-order valence-electron chi connectivity index (χ2n) is 3.89. The van der Waals surface area contributed by atoms with E-state index in [4.69, 9.17) is 0 Å². The van der Waals surface area contributed by atoms with E-state index in [0.29, 0.717) is 0 Å². The van der Waals surface area contributed by atoms with Crippen LogP contribution in [0.2, 0.25) is 0 Å². The number of hydrogen-bond acceptors (Lipinski definition) is 1. The summed E-state index contributed by atoms with van der Waals surface area (Å²) >= 11 is 3.32. The lowest BCUT2D eigenvalue weighted by molar-refractivity contribution is 0.112. The van der Waals surface area contributed by atoms with Crippen LogP contribution in [0.1, 0.15) is 25.8 Å².